The van der Waals surface area contributed by atoms with Crippen molar-refractivity contribution < 1.29 is 9.84 Å². The van der Waals surface area contributed by atoms with Crippen LogP contribution in [-0.4, -0.2) is 53.9 Å². The number of aromatic hydroxyl groups is 1. The molecule has 0 aliphatic carbocycles. The summed E-state index contributed by atoms with van der Waals surface area (Å²) >= 11 is 0. The van der Waals surface area contributed by atoms with Crippen LogP contribution >= 0.6 is 0 Å². The molecule has 0 amide bonds. The molecule has 0 aromatic heterocycles. The van der Waals surface area contributed by atoms with Crippen molar-refractivity contribution >= 4 is 11.3 Å². The fourth-order valence-electron chi connectivity index (χ4n) is 4.14. The van der Waals surface area contributed by atoms with Crippen molar-refractivity contribution in [1.82, 2.24) is 15.1 Å². The van der Waals surface area contributed by atoms with Crippen molar-refractivity contribution in [3.63, 3.8) is 0 Å². The van der Waals surface area contributed by atoms with Gasteiger partial charge in [-0.3, -0.25) is 4.90 Å². The number of hydrogen-bond acceptors (Lipinski definition) is 5. The topological polar surface area (TPSA) is 48.0 Å². The number of morpholine rings is 1. The molecule has 3 aliphatic rings. The summed E-state index contributed by atoms with van der Waals surface area (Å²) in [4.78, 5) is 4.72. The third-order valence-corrected chi connectivity index (χ3v) is 5.69. The van der Waals surface area contributed by atoms with Crippen LogP contribution in [0.5, 0.6) is 5.75 Å². The first-order valence-corrected chi connectivity index (χ1v) is 10.1. The van der Waals surface area contributed by atoms with Gasteiger partial charge >= 0.3 is 0 Å². The Hall–Kier alpha value is -3.02. The predicted octanol–water partition coefficient (Wildman–Crippen LogP) is 3.24. The lowest BCUT2D eigenvalue weighted by molar-refractivity contribution is 0.0401. The van der Waals surface area contributed by atoms with Crippen molar-refractivity contribution in [3.8, 4) is 5.75 Å². The van der Waals surface area contributed by atoms with Gasteiger partial charge in [0.05, 0.1) is 24.6 Å². The number of rotatable bonds is 4. The monoisotopic (exact) mass is 387 g/mol. The normalized spacial score (nSPS) is 21.7. The minimum absolute atomic E-state index is 0.0492. The van der Waals surface area contributed by atoms with Gasteiger partial charge in [-0.05, 0) is 29.3 Å². The summed E-state index contributed by atoms with van der Waals surface area (Å²) in [5.41, 5.74) is 5.39. The zero-order chi connectivity index (χ0) is 19.6. The standard InChI is InChI=1S/C24H25N3O2/c28-22-9-5-4-8-20(22)24-21(17-26-12-14-29-15-13-26)27-16-19(10-11-23(27)25-24)18-6-2-1-3-7-18/h1-11,16,23,25,28H,12-15,17H2. The van der Waals surface area contributed by atoms with E-state index in [1.165, 1.54) is 16.8 Å². The van der Waals surface area contributed by atoms with Gasteiger partial charge < -0.3 is 20.1 Å². The lowest BCUT2D eigenvalue weighted by Gasteiger charge is -2.32. The molecule has 0 spiro atoms. The fraction of sp³-hybridized carbons (Fsp3) is 0.250. The second kappa shape index (κ2) is 7.78. The molecule has 2 aromatic rings. The number of nitrogens with one attached hydrogen (secondary N) is 1. The van der Waals surface area contributed by atoms with Crippen LogP contribution in [0.15, 0.2) is 78.6 Å². The number of allylic oxidation sites excluding steroid dienone is 2. The first-order chi connectivity index (χ1) is 14.3. The van der Waals surface area contributed by atoms with Crippen LogP contribution in [0.3, 0.4) is 0 Å². The number of phenols is 1. The van der Waals surface area contributed by atoms with Gasteiger partial charge in [0.1, 0.15) is 11.9 Å². The Morgan fingerprint density at radius 2 is 1.76 bits per heavy atom. The number of para-hydroxylation sites is 1. The number of nitrogens with zero attached hydrogens (tertiary/aromatic N) is 2. The number of fused-ring (bicyclic) bond motifs is 1. The molecule has 1 atom stereocenters. The highest BCUT2D eigenvalue weighted by Crippen LogP contribution is 2.36. The van der Waals surface area contributed by atoms with E-state index in [9.17, 15) is 5.11 Å². The first kappa shape index (κ1) is 18.0. The first-order valence-electron chi connectivity index (χ1n) is 10.1. The molecule has 29 heavy (non-hydrogen) atoms. The molecule has 148 valence electrons. The van der Waals surface area contributed by atoms with E-state index in [2.05, 4.69) is 57.7 Å². The number of ether oxygens (including phenoxy) is 1. The van der Waals surface area contributed by atoms with E-state index in [0.29, 0.717) is 5.75 Å². The average Bonchev–Trinajstić information content (AvgIpc) is 3.13. The molecule has 1 fully saturated rings. The zero-order valence-electron chi connectivity index (χ0n) is 16.3. The summed E-state index contributed by atoms with van der Waals surface area (Å²) in [5, 5.41) is 14.1. The maximum Gasteiger partial charge on any atom is 0.124 e. The summed E-state index contributed by atoms with van der Waals surface area (Å²) < 4.78 is 5.53. The number of phenolic OH excluding ortho intramolecular Hbond substituents is 1. The van der Waals surface area contributed by atoms with Gasteiger partial charge in [0.25, 0.3) is 0 Å². The molecular weight excluding hydrogens is 362 g/mol. The van der Waals surface area contributed by atoms with E-state index in [1.807, 2.05) is 24.3 Å². The largest absolute Gasteiger partial charge is 0.507 e. The third-order valence-electron chi connectivity index (χ3n) is 5.69. The Bertz CT molecular complexity index is 975. The molecular formula is C24H25N3O2. The van der Waals surface area contributed by atoms with Gasteiger partial charge in [-0.1, -0.05) is 48.5 Å². The van der Waals surface area contributed by atoms with Gasteiger partial charge in [-0.15, -0.1) is 0 Å². The zero-order valence-corrected chi connectivity index (χ0v) is 16.3. The van der Waals surface area contributed by atoms with Crippen LogP contribution < -0.4 is 5.32 Å². The molecule has 1 saturated heterocycles. The minimum atomic E-state index is 0.0492. The van der Waals surface area contributed by atoms with Gasteiger partial charge in [0.2, 0.25) is 0 Å². The molecule has 3 aliphatic heterocycles. The molecule has 5 heteroatoms. The van der Waals surface area contributed by atoms with Crippen LogP contribution in [0.25, 0.3) is 11.3 Å². The maximum atomic E-state index is 10.5. The summed E-state index contributed by atoms with van der Waals surface area (Å²) in [6.45, 7) is 4.17. The summed E-state index contributed by atoms with van der Waals surface area (Å²) in [6, 6.07) is 18.0. The maximum absolute atomic E-state index is 10.5. The molecule has 0 bridgehead atoms. The van der Waals surface area contributed by atoms with E-state index in [1.54, 1.807) is 6.07 Å². The Labute approximate surface area is 171 Å². The highest BCUT2D eigenvalue weighted by molar-refractivity contribution is 5.79. The second-order valence-corrected chi connectivity index (χ2v) is 7.53. The lowest BCUT2D eigenvalue weighted by atomic mass is 10.0. The smallest absolute Gasteiger partial charge is 0.124 e. The van der Waals surface area contributed by atoms with Crippen LogP contribution in [0.2, 0.25) is 0 Å². The summed E-state index contributed by atoms with van der Waals surface area (Å²) in [5.74, 6) is 0.297. The number of hydrogen-bond donors (Lipinski definition) is 2. The molecule has 5 rings (SSSR count). The van der Waals surface area contributed by atoms with Gasteiger partial charge in [0.15, 0.2) is 0 Å². The Morgan fingerprint density at radius 3 is 2.55 bits per heavy atom. The fourth-order valence-corrected chi connectivity index (χ4v) is 4.14. The highest BCUT2D eigenvalue weighted by atomic mass is 16.5. The summed E-state index contributed by atoms with van der Waals surface area (Å²) in [7, 11) is 0. The van der Waals surface area contributed by atoms with Gasteiger partial charge in [-0.2, -0.15) is 0 Å². The van der Waals surface area contributed by atoms with Crippen molar-refractivity contribution in [2.75, 3.05) is 32.8 Å². The van der Waals surface area contributed by atoms with Gasteiger partial charge in [-0.25, -0.2) is 0 Å². The molecule has 3 heterocycles. The minimum Gasteiger partial charge on any atom is -0.507 e. The SMILES string of the molecule is Oc1ccccc1C1=C(CN2CCOCC2)N2C=C(c3ccccc3)C=CC2N1. The van der Waals surface area contributed by atoms with E-state index in [-0.39, 0.29) is 6.17 Å². The van der Waals surface area contributed by atoms with Crippen molar-refractivity contribution in [1.29, 1.82) is 0 Å². The predicted molar refractivity (Wildman–Crippen MR) is 115 cm³/mol. The van der Waals surface area contributed by atoms with Crippen LogP contribution in [-0.2, 0) is 4.74 Å². The van der Waals surface area contributed by atoms with Crippen LogP contribution in [0.1, 0.15) is 11.1 Å². The molecule has 1 unspecified atom stereocenters. The van der Waals surface area contributed by atoms with Crippen molar-refractivity contribution in [2.45, 2.75) is 6.17 Å². The van der Waals surface area contributed by atoms with E-state index < -0.39 is 0 Å². The quantitative estimate of drug-likeness (QED) is 0.844. The van der Waals surface area contributed by atoms with E-state index >= 15 is 0 Å². The third kappa shape index (κ3) is 3.55. The lowest BCUT2D eigenvalue weighted by Crippen LogP contribution is -2.40. The molecule has 0 radical (unpaired) electrons. The van der Waals surface area contributed by atoms with Crippen molar-refractivity contribution in [2.24, 2.45) is 0 Å². The highest BCUT2D eigenvalue weighted by Gasteiger charge is 2.33. The Balaban J connectivity index is 1.55. The average molecular weight is 387 g/mol. The van der Waals surface area contributed by atoms with Crippen molar-refractivity contribution in [3.05, 3.63) is 89.8 Å². The number of benzene rings is 2. The Kier molecular flexibility index (Phi) is 4.84. The van der Waals surface area contributed by atoms with E-state index in [0.717, 1.165) is 44.1 Å². The molecule has 2 N–H and O–H groups in total. The van der Waals surface area contributed by atoms with Gasteiger partial charge in [0, 0.05) is 31.4 Å². The van der Waals surface area contributed by atoms with Crippen LogP contribution in [0.4, 0.5) is 0 Å². The second-order valence-electron chi connectivity index (χ2n) is 7.53. The molecule has 0 saturated carbocycles. The van der Waals surface area contributed by atoms with E-state index in [4.69, 9.17) is 4.74 Å². The Morgan fingerprint density at radius 1 is 1.00 bits per heavy atom. The molecule has 5 nitrogen and oxygen atoms in total. The molecule has 2 aromatic carbocycles. The van der Waals surface area contributed by atoms with Crippen LogP contribution in [0, 0.1) is 0 Å². The summed E-state index contributed by atoms with van der Waals surface area (Å²) in [6.07, 6.45) is 6.63.